The van der Waals surface area contributed by atoms with Crippen LogP contribution in [0.5, 0.6) is 0 Å². The molecule has 3 rings (SSSR count). The summed E-state index contributed by atoms with van der Waals surface area (Å²) in [4.78, 5) is 63.6. The van der Waals surface area contributed by atoms with E-state index < -0.39 is 41.5 Å². The van der Waals surface area contributed by atoms with Crippen LogP contribution in [0.3, 0.4) is 0 Å². The Morgan fingerprint density at radius 2 is 1.73 bits per heavy atom. The minimum atomic E-state index is -1.18. The maximum Gasteiger partial charge on any atom is 0.289 e. The van der Waals surface area contributed by atoms with Gasteiger partial charge in [-0.15, -0.1) is 0 Å². The predicted octanol–water partition coefficient (Wildman–Crippen LogP) is 2.13. The van der Waals surface area contributed by atoms with Crippen molar-refractivity contribution in [3.63, 3.8) is 0 Å². The highest BCUT2D eigenvalue weighted by molar-refractivity contribution is 6.38. The van der Waals surface area contributed by atoms with Gasteiger partial charge in [-0.3, -0.25) is 24.0 Å². The molecule has 1 heterocycles. The third-order valence-electron chi connectivity index (χ3n) is 6.20. The highest BCUT2D eigenvalue weighted by atomic mass is 35.5. The molecule has 1 saturated carbocycles. The lowest BCUT2D eigenvalue weighted by molar-refractivity contribution is -0.141. The highest BCUT2D eigenvalue weighted by Gasteiger charge is 2.37. The van der Waals surface area contributed by atoms with E-state index in [2.05, 4.69) is 21.3 Å². The lowest BCUT2D eigenvalue weighted by Gasteiger charge is -2.28. The van der Waals surface area contributed by atoms with Gasteiger partial charge in [-0.05, 0) is 61.3 Å². The molecule has 0 spiro atoms. The molecule has 0 radical (unpaired) electrons. The van der Waals surface area contributed by atoms with Gasteiger partial charge in [-0.1, -0.05) is 44.5 Å². The van der Waals surface area contributed by atoms with Crippen LogP contribution < -0.4 is 21.3 Å². The van der Waals surface area contributed by atoms with Crippen molar-refractivity contribution in [2.75, 3.05) is 6.54 Å². The fourth-order valence-corrected chi connectivity index (χ4v) is 4.21. The van der Waals surface area contributed by atoms with Crippen LogP contribution in [0.25, 0.3) is 6.08 Å². The SMILES string of the molecule is CC(C)(C)C[C@H](NC(=O)/C=C/c1ccc(Cl)cc1)C(=O)N[C@@H](C[C@@H]1CCNC1=O)C(=O)C(=O)NC1CC1. The second-order valence-corrected chi connectivity index (χ2v) is 11.3. The summed E-state index contributed by atoms with van der Waals surface area (Å²) in [6.07, 6.45) is 5.36. The Balaban J connectivity index is 1.72. The van der Waals surface area contributed by atoms with Crippen LogP contribution in [0, 0.1) is 11.3 Å². The maximum atomic E-state index is 13.3. The molecule has 10 heteroatoms. The molecule has 2 fully saturated rings. The van der Waals surface area contributed by atoms with E-state index in [1.54, 1.807) is 30.3 Å². The van der Waals surface area contributed by atoms with Gasteiger partial charge >= 0.3 is 0 Å². The van der Waals surface area contributed by atoms with Crippen molar-refractivity contribution in [3.8, 4) is 0 Å². The molecule has 4 N–H and O–H groups in total. The number of carbonyl (C=O) groups is 5. The second-order valence-electron chi connectivity index (χ2n) is 10.9. The van der Waals surface area contributed by atoms with E-state index in [1.807, 2.05) is 20.8 Å². The summed E-state index contributed by atoms with van der Waals surface area (Å²) in [5, 5.41) is 11.3. The summed E-state index contributed by atoms with van der Waals surface area (Å²) in [7, 11) is 0. The summed E-state index contributed by atoms with van der Waals surface area (Å²) in [5.74, 6) is -3.32. The first-order chi connectivity index (χ1) is 17.4. The van der Waals surface area contributed by atoms with Gasteiger partial charge in [0.2, 0.25) is 23.5 Å². The molecule has 1 aromatic rings. The van der Waals surface area contributed by atoms with Crippen molar-refractivity contribution in [1.29, 1.82) is 0 Å². The van der Waals surface area contributed by atoms with Crippen LogP contribution >= 0.6 is 11.6 Å². The molecule has 0 bridgehead atoms. The topological polar surface area (TPSA) is 133 Å². The van der Waals surface area contributed by atoms with Crippen molar-refractivity contribution in [1.82, 2.24) is 21.3 Å². The zero-order valence-corrected chi connectivity index (χ0v) is 22.2. The van der Waals surface area contributed by atoms with Crippen LogP contribution in [0.2, 0.25) is 5.02 Å². The quantitative estimate of drug-likeness (QED) is 0.257. The Labute approximate surface area is 222 Å². The van der Waals surface area contributed by atoms with E-state index in [4.69, 9.17) is 11.6 Å². The summed E-state index contributed by atoms with van der Waals surface area (Å²) in [6, 6.07) is 4.77. The molecular weight excluding hydrogens is 496 g/mol. The third kappa shape index (κ3) is 9.31. The van der Waals surface area contributed by atoms with E-state index in [0.717, 1.165) is 18.4 Å². The number of Topliss-reactive ketones (excluding diaryl/α,β-unsaturated/α-hetero) is 1. The fraction of sp³-hybridized carbons (Fsp3) is 0.519. The average Bonchev–Trinajstić information content (AvgIpc) is 3.55. The third-order valence-corrected chi connectivity index (χ3v) is 6.45. The summed E-state index contributed by atoms with van der Waals surface area (Å²) in [5.41, 5.74) is 0.433. The molecule has 0 unspecified atom stereocenters. The van der Waals surface area contributed by atoms with Gasteiger partial charge in [-0.25, -0.2) is 0 Å². The van der Waals surface area contributed by atoms with Crippen molar-refractivity contribution < 1.29 is 24.0 Å². The molecule has 0 aromatic heterocycles. The molecule has 3 atom stereocenters. The van der Waals surface area contributed by atoms with Crippen LogP contribution in [-0.2, 0) is 24.0 Å². The number of amides is 4. The summed E-state index contributed by atoms with van der Waals surface area (Å²) < 4.78 is 0. The van der Waals surface area contributed by atoms with E-state index in [0.29, 0.717) is 24.4 Å². The first-order valence-electron chi connectivity index (χ1n) is 12.6. The van der Waals surface area contributed by atoms with Crippen LogP contribution in [0.1, 0.15) is 58.4 Å². The fourth-order valence-electron chi connectivity index (χ4n) is 4.09. The average molecular weight is 531 g/mol. The van der Waals surface area contributed by atoms with Gasteiger partial charge in [0.1, 0.15) is 6.04 Å². The zero-order valence-electron chi connectivity index (χ0n) is 21.4. The number of halogens is 1. The van der Waals surface area contributed by atoms with Gasteiger partial charge in [0.15, 0.2) is 0 Å². The van der Waals surface area contributed by atoms with E-state index in [9.17, 15) is 24.0 Å². The second kappa shape index (κ2) is 12.4. The van der Waals surface area contributed by atoms with E-state index in [1.165, 1.54) is 6.08 Å². The molecule has 2 aliphatic rings. The Morgan fingerprint density at radius 3 is 2.30 bits per heavy atom. The number of hydrogen-bond acceptors (Lipinski definition) is 5. The number of ketones is 1. The summed E-state index contributed by atoms with van der Waals surface area (Å²) in [6.45, 7) is 6.27. The van der Waals surface area contributed by atoms with Gasteiger partial charge in [0, 0.05) is 29.6 Å². The first kappa shape index (κ1) is 28.4. The molecule has 1 aliphatic carbocycles. The van der Waals surface area contributed by atoms with Crippen molar-refractivity contribution in [2.45, 2.75) is 71.0 Å². The Kier molecular flexibility index (Phi) is 9.48. The number of nitrogens with one attached hydrogen (secondary N) is 4. The van der Waals surface area contributed by atoms with Gasteiger partial charge in [-0.2, -0.15) is 0 Å². The lowest BCUT2D eigenvalue weighted by atomic mass is 9.87. The Morgan fingerprint density at radius 1 is 1.05 bits per heavy atom. The molecule has 1 aliphatic heterocycles. The maximum absolute atomic E-state index is 13.3. The smallest absolute Gasteiger partial charge is 0.289 e. The monoisotopic (exact) mass is 530 g/mol. The molecule has 4 amide bonds. The molecule has 200 valence electrons. The molecule has 1 aromatic carbocycles. The predicted molar refractivity (Wildman–Crippen MR) is 140 cm³/mol. The van der Waals surface area contributed by atoms with E-state index in [-0.39, 0.29) is 23.8 Å². The number of benzene rings is 1. The number of carbonyl (C=O) groups excluding carboxylic acids is 5. The van der Waals surface area contributed by atoms with E-state index >= 15 is 0 Å². The van der Waals surface area contributed by atoms with Crippen LogP contribution in [0.15, 0.2) is 30.3 Å². The molecule has 37 heavy (non-hydrogen) atoms. The van der Waals surface area contributed by atoms with Gasteiger partial charge in [0.25, 0.3) is 5.91 Å². The Hall–Kier alpha value is -3.20. The first-order valence-corrected chi connectivity index (χ1v) is 13.0. The van der Waals surface area contributed by atoms with Gasteiger partial charge in [0.05, 0.1) is 6.04 Å². The number of hydrogen-bond donors (Lipinski definition) is 4. The zero-order chi connectivity index (χ0) is 27.2. The summed E-state index contributed by atoms with van der Waals surface area (Å²) >= 11 is 5.89. The minimum absolute atomic E-state index is 0.0150. The van der Waals surface area contributed by atoms with Crippen molar-refractivity contribution in [3.05, 3.63) is 40.9 Å². The Bertz CT molecular complexity index is 1060. The standard InChI is InChI=1S/C27H35ClN4O5/c1-27(2,3)15-21(31-22(33)11-6-16-4-7-18(28)8-5-16)25(36)32-20(14-17-12-13-29-24(17)35)23(34)26(37)30-19-9-10-19/h4-8,11,17,19-21H,9-10,12-15H2,1-3H3,(H,29,35)(H,30,37)(H,31,33)(H,32,36)/b11-6+/t17-,20-,21-/m0/s1. The van der Waals surface area contributed by atoms with Crippen LogP contribution in [0.4, 0.5) is 0 Å². The minimum Gasteiger partial charge on any atom is -0.356 e. The lowest BCUT2D eigenvalue weighted by Crippen LogP contribution is -2.55. The molecular formula is C27H35ClN4O5. The number of rotatable bonds is 11. The van der Waals surface area contributed by atoms with Crippen molar-refractivity contribution >= 4 is 47.1 Å². The normalized spacial score (nSPS) is 19.1. The van der Waals surface area contributed by atoms with Crippen molar-refractivity contribution in [2.24, 2.45) is 11.3 Å². The highest BCUT2D eigenvalue weighted by Crippen LogP contribution is 2.23. The molecule has 1 saturated heterocycles. The van der Waals surface area contributed by atoms with Crippen LogP contribution in [-0.4, -0.2) is 54.1 Å². The molecule has 9 nitrogen and oxygen atoms in total. The van der Waals surface area contributed by atoms with Gasteiger partial charge < -0.3 is 21.3 Å². The largest absolute Gasteiger partial charge is 0.356 e.